The smallest absolute Gasteiger partial charge is 0.123 e. The van der Waals surface area contributed by atoms with Gasteiger partial charge in [-0.1, -0.05) is 24.7 Å². The Bertz CT molecular complexity index is 436. The van der Waals surface area contributed by atoms with Crippen LogP contribution < -0.4 is 5.73 Å². The molecular weight excluding hydrogens is 258 g/mol. The molecule has 1 atom stereocenters. The molecule has 1 aliphatic heterocycles. The van der Waals surface area contributed by atoms with Crippen molar-refractivity contribution in [3.05, 3.63) is 29.6 Å². The molecule has 0 spiro atoms. The minimum atomic E-state index is 0.246. The third-order valence-corrected chi connectivity index (χ3v) is 3.90. The van der Waals surface area contributed by atoms with Crippen molar-refractivity contribution in [2.24, 2.45) is 5.73 Å². The maximum atomic E-state index is 9.17. The van der Waals surface area contributed by atoms with Crippen LogP contribution >= 0.6 is 12.2 Å². The van der Waals surface area contributed by atoms with E-state index in [0.717, 1.165) is 37.2 Å². The fraction of sp³-hybridized carbons (Fsp3) is 0.571. The number of aliphatic hydroxyl groups excluding tert-OH is 1. The average Bonchev–Trinajstić information content (AvgIpc) is 2.42. The normalized spacial score (nSPS) is 20.4. The minimum Gasteiger partial charge on any atom is -0.396 e. The summed E-state index contributed by atoms with van der Waals surface area (Å²) in [5, 5.41) is 9.17. The summed E-state index contributed by atoms with van der Waals surface area (Å²) >= 11 is 5.05. The molecule has 1 fully saturated rings. The van der Waals surface area contributed by atoms with Gasteiger partial charge in [-0.15, -0.1) is 0 Å². The van der Waals surface area contributed by atoms with Gasteiger partial charge in [0.2, 0.25) is 0 Å². The molecule has 0 bridgehead atoms. The molecule has 5 heteroatoms. The number of hydrogen-bond donors (Lipinski definition) is 2. The zero-order chi connectivity index (χ0) is 13.7. The monoisotopic (exact) mass is 279 g/mol. The van der Waals surface area contributed by atoms with Gasteiger partial charge in [0.1, 0.15) is 10.7 Å². The van der Waals surface area contributed by atoms with Crippen LogP contribution in [-0.4, -0.2) is 39.2 Å². The first-order valence-corrected chi connectivity index (χ1v) is 7.22. The standard InChI is InChI=1S/C14H21N3OS/c15-14(19)13-11(4-3-7-16-13)10-17-8-2-1-5-12(17)6-9-18/h3-4,7,12,18H,1-2,5-6,8-10H2,(H2,15,19). The summed E-state index contributed by atoms with van der Waals surface area (Å²) in [7, 11) is 0. The quantitative estimate of drug-likeness (QED) is 0.799. The van der Waals surface area contributed by atoms with Crippen LogP contribution in [0.5, 0.6) is 0 Å². The lowest BCUT2D eigenvalue weighted by atomic mass is 9.98. The van der Waals surface area contributed by atoms with Gasteiger partial charge in [-0.05, 0) is 37.4 Å². The maximum absolute atomic E-state index is 9.17. The van der Waals surface area contributed by atoms with E-state index >= 15 is 0 Å². The lowest BCUT2D eigenvalue weighted by Gasteiger charge is -2.35. The van der Waals surface area contributed by atoms with E-state index in [1.165, 1.54) is 12.8 Å². The number of pyridine rings is 1. The van der Waals surface area contributed by atoms with Crippen LogP contribution in [0, 0.1) is 0 Å². The Morgan fingerprint density at radius 2 is 2.37 bits per heavy atom. The molecule has 4 nitrogen and oxygen atoms in total. The van der Waals surface area contributed by atoms with Gasteiger partial charge in [0.05, 0.1) is 0 Å². The third kappa shape index (κ3) is 3.72. The predicted octanol–water partition coefficient (Wildman–Crippen LogP) is 1.45. The van der Waals surface area contributed by atoms with E-state index in [9.17, 15) is 0 Å². The number of hydrogen-bond acceptors (Lipinski definition) is 4. The van der Waals surface area contributed by atoms with Crippen molar-refractivity contribution in [1.29, 1.82) is 0 Å². The van der Waals surface area contributed by atoms with Crippen molar-refractivity contribution in [3.8, 4) is 0 Å². The Labute approximate surface area is 119 Å². The maximum Gasteiger partial charge on any atom is 0.123 e. The van der Waals surface area contributed by atoms with E-state index < -0.39 is 0 Å². The minimum absolute atomic E-state index is 0.246. The molecule has 104 valence electrons. The van der Waals surface area contributed by atoms with Crippen LogP contribution in [0.25, 0.3) is 0 Å². The molecule has 3 N–H and O–H groups in total. The van der Waals surface area contributed by atoms with Crippen LogP contribution in [0.1, 0.15) is 36.9 Å². The van der Waals surface area contributed by atoms with Gasteiger partial charge in [-0.3, -0.25) is 9.88 Å². The molecule has 1 aromatic heterocycles. The average molecular weight is 279 g/mol. The second kappa shape index (κ2) is 6.93. The van der Waals surface area contributed by atoms with E-state index in [-0.39, 0.29) is 6.61 Å². The van der Waals surface area contributed by atoms with E-state index in [4.69, 9.17) is 23.1 Å². The second-order valence-corrected chi connectivity index (χ2v) is 5.45. The Hall–Kier alpha value is -1.04. The van der Waals surface area contributed by atoms with Gasteiger partial charge in [-0.25, -0.2) is 0 Å². The van der Waals surface area contributed by atoms with Crippen molar-refractivity contribution >= 4 is 17.2 Å². The Morgan fingerprint density at radius 1 is 1.53 bits per heavy atom. The summed E-state index contributed by atoms with van der Waals surface area (Å²) in [4.78, 5) is 7.04. The van der Waals surface area contributed by atoms with Crippen LogP contribution in [0.3, 0.4) is 0 Å². The van der Waals surface area contributed by atoms with Gasteiger partial charge in [0.15, 0.2) is 0 Å². The molecule has 0 aromatic carbocycles. The number of nitrogens with two attached hydrogens (primary N) is 1. The zero-order valence-electron chi connectivity index (χ0n) is 11.1. The lowest BCUT2D eigenvalue weighted by Crippen LogP contribution is -2.40. The Kier molecular flexibility index (Phi) is 5.24. The van der Waals surface area contributed by atoms with Crippen molar-refractivity contribution in [3.63, 3.8) is 0 Å². The molecule has 1 unspecified atom stereocenters. The highest BCUT2D eigenvalue weighted by molar-refractivity contribution is 7.80. The van der Waals surface area contributed by atoms with E-state index in [1.54, 1.807) is 6.20 Å². The predicted molar refractivity (Wildman–Crippen MR) is 79.9 cm³/mol. The summed E-state index contributed by atoms with van der Waals surface area (Å²) in [6.45, 7) is 2.12. The van der Waals surface area contributed by atoms with E-state index in [2.05, 4.69) is 9.88 Å². The van der Waals surface area contributed by atoms with Crippen LogP contribution in [0.2, 0.25) is 0 Å². The third-order valence-electron chi connectivity index (χ3n) is 3.71. The largest absolute Gasteiger partial charge is 0.396 e. The molecule has 2 heterocycles. The summed E-state index contributed by atoms with van der Waals surface area (Å²) in [5.74, 6) is 0. The SMILES string of the molecule is NC(=S)c1ncccc1CN1CCCCC1CCO. The van der Waals surface area contributed by atoms with Crippen molar-refractivity contribution < 1.29 is 5.11 Å². The van der Waals surface area contributed by atoms with Gasteiger partial charge in [0.25, 0.3) is 0 Å². The number of aromatic nitrogens is 1. The molecule has 0 saturated carbocycles. The number of aliphatic hydroxyl groups is 1. The van der Waals surface area contributed by atoms with Gasteiger partial charge >= 0.3 is 0 Å². The van der Waals surface area contributed by atoms with Crippen LogP contribution in [-0.2, 0) is 6.54 Å². The first-order chi connectivity index (χ1) is 9.22. The zero-order valence-corrected chi connectivity index (χ0v) is 11.9. The molecule has 19 heavy (non-hydrogen) atoms. The summed E-state index contributed by atoms with van der Waals surface area (Å²) in [6, 6.07) is 4.41. The van der Waals surface area contributed by atoms with Gasteiger partial charge in [0, 0.05) is 25.4 Å². The number of nitrogens with zero attached hydrogens (tertiary/aromatic N) is 2. The number of piperidine rings is 1. The molecule has 2 rings (SSSR count). The summed E-state index contributed by atoms with van der Waals surface area (Å²) < 4.78 is 0. The van der Waals surface area contributed by atoms with Crippen LogP contribution in [0.15, 0.2) is 18.3 Å². The summed E-state index contributed by atoms with van der Waals surface area (Å²) in [6.07, 6.45) is 6.17. The lowest BCUT2D eigenvalue weighted by molar-refractivity contribution is 0.112. The summed E-state index contributed by atoms with van der Waals surface area (Å²) in [5.41, 5.74) is 7.53. The molecule has 0 radical (unpaired) electrons. The highest BCUT2D eigenvalue weighted by Gasteiger charge is 2.23. The highest BCUT2D eigenvalue weighted by Crippen LogP contribution is 2.22. The first-order valence-electron chi connectivity index (χ1n) is 6.81. The van der Waals surface area contributed by atoms with Crippen molar-refractivity contribution in [1.82, 2.24) is 9.88 Å². The fourth-order valence-electron chi connectivity index (χ4n) is 2.75. The molecule has 0 amide bonds. The molecule has 1 aromatic rings. The van der Waals surface area contributed by atoms with Crippen LogP contribution in [0.4, 0.5) is 0 Å². The number of rotatable bonds is 5. The number of thiocarbonyl (C=S) groups is 1. The number of likely N-dealkylation sites (tertiary alicyclic amines) is 1. The molecular formula is C14H21N3OS. The fourth-order valence-corrected chi connectivity index (χ4v) is 2.93. The van der Waals surface area contributed by atoms with Gasteiger partial charge in [-0.2, -0.15) is 0 Å². The van der Waals surface area contributed by atoms with E-state index in [1.807, 2.05) is 12.1 Å². The Balaban J connectivity index is 2.12. The molecule has 0 aliphatic carbocycles. The van der Waals surface area contributed by atoms with Gasteiger partial charge < -0.3 is 10.8 Å². The highest BCUT2D eigenvalue weighted by atomic mass is 32.1. The topological polar surface area (TPSA) is 62.4 Å². The van der Waals surface area contributed by atoms with Crippen molar-refractivity contribution in [2.75, 3.05) is 13.2 Å². The Morgan fingerprint density at radius 3 is 3.11 bits per heavy atom. The molecule has 1 saturated heterocycles. The van der Waals surface area contributed by atoms with E-state index in [0.29, 0.717) is 11.0 Å². The first kappa shape index (κ1) is 14.4. The second-order valence-electron chi connectivity index (χ2n) is 5.01. The molecule has 1 aliphatic rings. The van der Waals surface area contributed by atoms with Crippen molar-refractivity contribution in [2.45, 2.75) is 38.3 Å².